The summed E-state index contributed by atoms with van der Waals surface area (Å²) in [5, 5.41) is 9.64. The molecule has 1 heterocycles. The highest BCUT2D eigenvalue weighted by Crippen LogP contribution is 2.33. The van der Waals surface area contributed by atoms with E-state index >= 15 is 0 Å². The van der Waals surface area contributed by atoms with E-state index in [0.717, 1.165) is 17.7 Å². The van der Waals surface area contributed by atoms with E-state index in [1.54, 1.807) is 0 Å². The Morgan fingerprint density at radius 2 is 1.75 bits per heavy atom. The van der Waals surface area contributed by atoms with Crippen LogP contribution in [0.4, 0.5) is 0 Å². The Kier molecular flexibility index (Phi) is 4.23. The number of rotatable bonds is 4. The van der Waals surface area contributed by atoms with Gasteiger partial charge in [-0.2, -0.15) is 0 Å². The maximum atomic E-state index is 12.2. The highest BCUT2D eigenvalue weighted by Gasteiger charge is 2.41. The van der Waals surface area contributed by atoms with Crippen molar-refractivity contribution in [2.45, 2.75) is 38.7 Å². The summed E-state index contributed by atoms with van der Waals surface area (Å²) < 4.78 is 4.61. The first-order valence-corrected chi connectivity index (χ1v) is 6.81. The average molecular weight is 281 g/mol. The smallest absolute Gasteiger partial charge is 0.313 e. The number of carbonyl (C=O) groups excluding carboxylic acids is 3. The minimum Gasteiger partial charge on any atom is -0.469 e. The topological polar surface area (TPSA) is 83.9 Å². The molecule has 110 valence electrons. The second-order valence-electron chi connectivity index (χ2n) is 5.26. The molecular weight excluding hydrogens is 262 g/mol. The van der Waals surface area contributed by atoms with E-state index in [-0.39, 0.29) is 18.4 Å². The number of amides is 2. The Morgan fingerprint density at radius 1 is 1.25 bits per heavy atom. The summed E-state index contributed by atoms with van der Waals surface area (Å²) in [6, 6.07) is 0. The second-order valence-corrected chi connectivity index (χ2v) is 5.26. The molecule has 1 aliphatic heterocycles. The van der Waals surface area contributed by atoms with Gasteiger partial charge in [0, 0.05) is 17.7 Å². The molecule has 0 saturated carbocycles. The third kappa shape index (κ3) is 2.47. The van der Waals surface area contributed by atoms with Gasteiger partial charge in [0.15, 0.2) is 0 Å². The van der Waals surface area contributed by atoms with Gasteiger partial charge in [0.2, 0.25) is 0 Å². The van der Waals surface area contributed by atoms with Crippen LogP contribution in [0.2, 0.25) is 0 Å². The first-order valence-electron chi connectivity index (χ1n) is 6.81. The Morgan fingerprint density at radius 3 is 2.15 bits per heavy atom. The normalized spacial score (nSPS) is 21.9. The summed E-state index contributed by atoms with van der Waals surface area (Å²) in [6.07, 6.45) is 2.06. The van der Waals surface area contributed by atoms with Gasteiger partial charge in [-0.1, -0.05) is 0 Å². The number of methoxy groups -OCH3 is 1. The Labute approximate surface area is 117 Å². The molecule has 6 heteroatoms. The van der Waals surface area contributed by atoms with Gasteiger partial charge in [0.05, 0.1) is 13.2 Å². The molecule has 0 bridgehead atoms. The number of hydrogen-bond acceptors (Lipinski definition) is 5. The molecule has 2 aliphatic rings. The first-order chi connectivity index (χ1) is 9.47. The van der Waals surface area contributed by atoms with Crippen molar-refractivity contribution in [3.05, 3.63) is 11.1 Å². The van der Waals surface area contributed by atoms with Gasteiger partial charge < -0.3 is 9.84 Å². The van der Waals surface area contributed by atoms with Crippen molar-refractivity contribution in [2.24, 2.45) is 5.92 Å². The number of ether oxygens (including phenoxy) is 1. The Balaban J connectivity index is 2.16. The van der Waals surface area contributed by atoms with Crippen LogP contribution < -0.4 is 0 Å². The molecule has 2 amide bonds. The van der Waals surface area contributed by atoms with Crippen LogP contribution in [0.1, 0.15) is 32.6 Å². The van der Waals surface area contributed by atoms with Crippen LogP contribution in [0.25, 0.3) is 0 Å². The van der Waals surface area contributed by atoms with Crippen LogP contribution in [0.3, 0.4) is 0 Å². The van der Waals surface area contributed by atoms with Crippen molar-refractivity contribution in [2.75, 3.05) is 13.7 Å². The third-order valence-corrected chi connectivity index (χ3v) is 3.94. The monoisotopic (exact) mass is 281 g/mol. The van der Waals surface area contributed by atoms with E-state index in [2.05, 4.69) is 4.74 Å². The third-order valence-electron chi connectivity index (χ3n) is 3.94. The van der Waals surface area contributed by atoms with Crippen LogP contribution >= 0.6 is 0 Å². The maximum absolute atomic E-state index is 12.2. The molecule has 1 N–H and O–H groups in total. The molecule has 0 radical (unpaired) electrons. The fraction of sp³-hybridized carbons (Fsp3) is 0.643. The van der Waals surface area contributed by atoms with Gasteiger partial charge in [0.25, 0.3) is 11.8 Å². The summed E-state index contributed by atoms with van der Waals surface area (Å²) in [7, 11) is 1.22. The lowest BCUT2D eigenvalue weighted by Gasteiger charge is -2.23. The van der Waals surface area contributed by atoms with Crippen molar-refractivity contribution in [3.63, 3.8) is 0 Å². The SMILES string of the molecule is COC(=O)C(CN1C(=O)C2=C(CCCC2)C1=O)C(C)O. The van der Waals surface area contributed by atoms with Crippen molar-refractivity contribution in [1.29, 1.82) is 0 Å². The predicted octanol–water partition coefficient (Wildman–Crippen LogP) is 0.396. The molecule has 0 aromatic heterocycles. The molecule has 2 unspecified atom stereocenters. The highest BCUT2D eigenvalue weighted by molar-refractivity contribution is 6.19. The van der Waals surface area contributed by atoms with Crippen LogP contribution in [-0.2, 0) is 19.1 Å². The molecule has 2 rings (SSSR count). The highest BCUT2D eigenvalue weighted by atomic mass is 16.5. The van der Waals surface area contributed by atoms with Crippen LogP contribution in [0.5, 0.6) is 0 Å². The molecule has 2 atom stereocenters. The summed E-state index contributed by atoms with van der Waals surface area (Å²) in [5.41, 5.74) is 1.16. The number of hydrogen-bond donors (Lipinski definition) is 1. The number of imide groups is 1. The van der Waals surface area contributed by atoms with E-state index in [9.17, 15) is 19.5 Å². The first kappa shape index (κ1) is 14.7. The molecule has 0 fully saturated rings. The van der Waals surface area contributed by atoms with Crippen molar-refractivity contribution >= 4 is 17.8 Å². The average Bonchev–Trinajstić information content (AvgIpc) is 2.68. The standard InChI is InChI=1S/C14H19NO5/c1-8(16)11(14(19)20-2)7-15-12(17)9-5-3-4-6-10(9)13(15)18/h8,11,16H,3-7H2,1-2H3. The predicted molar refractivity (Wildman–Crippen MR) is 69.4 cm³/mol. The number of carbonyl (C=O) groups is 3. The second kappa shape index (κ2) is 5.75. The lowest BCUT2D eigenvalue weighted by molar-refractivity contribution is -0.151. The van der Waals surface area contributed by atoms with Gasteiger partial charge in [0.1, 0.15) is 5.92 Å². The summed E-state index contributed by atoms with van der Waals surface area (Å²) in [4.78, 5) is 37.2. The molecule has 0 aromatic rings. The fourth-order valence-electron chi connectivity index (χ4n) is 2.73. The van der Waals surface area contributed by atoms with E-state index in [1.807, 2.05) is 0 Å². The van der Waals surface area contributed by atoms with Crippen LogP contribution in [0, 0.1) is 5.92 Å². The van der Waals surface area contributed by atoms with Crippen molar-refractivity contribution in [3.8, 4) is 0 Å². The number of aliphatic hydroxyl groups excluding tert-OH is 1. The minimum atomic E-state index is -0.985. The maximum Gasteiger partial charge on any atom is 0.313 e. The lowest BCUT2D eigenvalue weighted by Crippen LogP contribution is -2.42. The number of aliphatic hydroxyl groups is 1. The Hall–Kier alpha value is -1.69. The zero-order valence-electron chi connectivity index (χ0n) is 11.7. The van der Waals surface area contributed by atoms with Crippen molar-refractivity contribution in [1.82, 2.24) is 4.90 Å². The van der Waals surface area contributed by atoms with Gasteiger partial charge in [-0.3, -0.25) is 19.3 Å². The lowest BCUT2D eigenvalue weighted by atomic mass is 9.93. The summed E-state index contributed by atoms with van der Waals surface area (Å²) in [6.45, 7) is 1.31. The Bertz CT molecular complexity index is 452. The molecule has 0 aromatic carbocycles. The van der Waals surface area contributed by atoms with E-state index < -0.39 is 18.0 Å². The van der Waals surface area contributed by atoms with E-state index in [4.69, 9.17) is 0 Å². The van der Waals surface area contributed by atoms with E-state index in [0.29, 0.717) is 24.0 Å². The van der Waals surface area contributed by atoms with Gasteiger partial charge in [-0.15, -0.1) is 0 Å². The van der Waals surface area contributed by atoms with Gasteiger partial charge in [-0.25, -0.2) is 0 Å². The van der Waals surface area contributed by atoms with E-state index in [1.165, 1.54) is 14.0 Å². The minimum absolute atomic E-state index is 0.130. The molecule has 1 aliphatic carbocycles. The summed E-state index contributed by atoms with van der Waals surface area (Å²) >= 11 is 0. The number of nitrogens with zero attached hydrogens (tertiary/aromatic N) is 1. The quantitative estimate of drug-likeness (QED) is 0.595. The molecule has 0 saturated heterocycles. The molecule has 0 spiro atoms. The number of esters is 1. The zero-order chi connectivity index (χ0) is 14.9. The molecule has 20 heavy (non-hydrogen) atoms. The summed E-state index contributed by atoms with van der Waals surface area (Å²) in [5.74, 6) is -2.17. The molecule has 6 nitrogen and oxygen atoms in total. The van der Waals surface area contributed by atoms with Crippen molar-refractivity contribution < 1.29 is 24.2 Å². The molecular formula is C14H19NO5. The zero-order valence-corrected chi connectivity index (χ0v) is 11.7. The van der Waals surface area contributed by atoms with Gasteiger partial charge in [-0.05, 0) is 32.6 Å². The van der Waals surface area contributed by atoms with Gasteiger partial charge >= 0.3 is 5.97 Å². The largest absolute Gasteiger partial charge is 0.469 e. The van der Waals surface area contributed by atoms with Crippen LogP contribution in [0.15, 0.2) is 11.1 Å². The fourth-order valence-corrected chi connectivity index (χ4v) is 2.73. The van der Waals surface area contributed by atoms with Crippen LogP contribution in [-0.4, -0.2) is 47.5 Å².